The number of rotatable bonds is 2. The van der Waals surface area contributed by atoms with E-state index >= 15 is 0 Å². The second kappa shape index (κ2) is 6.76. The Bertz CT molecular complexity index is 783. The van der Waals surface area contributed by atoms with Crippen LogP contribution < -0.4 is 4.74 Å². The first-order valence-electron chi connectivity index (χ1n) is 9.24. The lowest BCUT2D eigenvalue weighted by molar-refractivity contribution is -0.314. The quantitative estimate of drug-likeness (QED) is 0.811. The van der Waals surface area contributed by atoms with Gasteiger partial charge in [0.1, 0.15) is 5.75 Å². The molecule has 1 fully saturated rings. The van der Waals surface area contributed by atoms with E-state index in [1.165, 1.54) is 31.4 Å². The molecule has 0 radical (unpaired) electrons. The van der Waals surface area contributed by atoms with Crippen molar-refractivity contribution in [2.45, 2.75) is 51.9 Å². The average Bonchev–Trinajstić information content (AvgIpc) is 2.94. The zero-order chi connectivity index (χ0) is 20.9. The zero-order valence-corrected chi connectivity index (χ0v) is 16.4. The van der Waals surface area contributed by atoms with Crippen LogP contribution in [0.2, 0.25) is 0 Å². The summed E-state index contributed by atoms with van der Waals surface area (Å²) < 4.78 is 47.1. The number of halogens is 3. The van der Waals surface area contributed by atoms with Gasteiger partial charge in [0.2, 0.25) is 0 Å². The lowest BCUT2D eigenvalue weighted by Gasteiger charge is -2.42. The molecule has 8 heteroatoms. The average molecular weight is 398 g/mol. The fourth-order valence-electron chi connectivity index (χ4n) is 4.06. The molecule has 0 spiro atoms. The van der Waals surface area contributed by atoms with E-state index in [0.717, 1.165) is 0 Å². The Balaban J connectivity index is 1.99. The second-order valence-corrected chi connectivity index (χ2v) is 8.55. The molecule has 1 saturated carbocycles. The molecule has 1 amide bonds. The number of ether oxygens (including phenoxy) is 1. The molecule has 0 unspecified atom stereocenters. The fourth-order valence-corrected chi connectivity index (χ4v) is 4.06. The van der Waals surface area contributed by atoms with Crippen molar-refractivity contribution >= 4 is 11.6 Å². The van der Waals surface area contributed by atoms with Gasteiger partial charge in [0.25, 0.3) is 11.6 Å². The molecular formula is C20H25F3N2O3. The van der Waals surface area contributed by atoms with Crippen molar-refractivity contribution < 1.29 is 27.8 Å². The van der Waals surface area contributed by atoms with E-state index in [0.29, 0.717) is 18.6 Å². The number of amides is 1. The number of hydrazone groups is 1. The highest BCUT2D eigenvalue weighted by Gasteiger charge is 2.69. The normalized spacial score (nSPS) is 28.0. The molecule has 0 saturated heterocycles. The monoisotopic (exact) mass is 398 g/mol. The number of fused-ring (bicyclic) bond motifs is 1. The molecule has 0 aromatic heterocycles. The number of aliphatic hydroxyl groups is 1. The zero-order valence-electron chi connectivity index (χ0n) is 16.4. The van der Waals surface area contributed by atoms with Gasteiger partial charge in [-0.15, -0.1) is 0 Å². The first-order chi connectivity index (χ1) is 12.9. The number of carbonyl (C=O) groups is 1. The summed E-state index contributed by atoms with van der Waals surface area (Å²) >= 11 is 0. The molecule has 1 aromatic carbocycles. The van der Waals surface area contributed by atoms with E-state index in [9.17, 15) is 23.1 Å². The van der Waals surface area contributed by atoms with Crippen molar-refractivity contribution in [2.75, 3.05) is 7.11 Å². The van der Waals surface area contributed by atoms with Crippen LogP contribution in [0.25, 0.3) is 0 Å². The summed E-state index contributed by atoms with van der Waals surface area (Å²) in [7, 11) is 1.45. The lowest BCUT2D eigenvalue weighted by Crippen LogP contribution is -2.62. The van der Waals surface area contributed by atoms with Crippen LogP contribution in [0.1, 0.15) is 50.4 Å². The van der Waals surface area contributed by atoms with E-state index in [4.69, 9.17) is 4.74 Å². The van der Waals surface area contributed by atoms with Crippen LogP contribution in [0.3, 0.4) is 0 Å². The van der Waals surface area contributed by atoms with Gasteiger partial charge in [0.05, 0.1) is 13.0 Å². The second-order valence-electron chi connectivity index (χ2n) is 8.55. The highest BCUT2D eigenvalue weighted by molar-refractivity contribution is 5.99. The van der Waals surface area contributed by atoms with E-state index in [2.05, 4.69) is 5.10 Å². The minimum atomic E-state index is -5.04. The van der Waals surface area contributed by atoms with Gasteiger partial charge >= 0.3 is 6.18 Å². The minimum Gasteiger partial charge on any atom is -0.497 e. The molecule has 1 aromatic rings. The van der Waals surface area contributed by atoms with Gasteiger partial charge in [-0.05, 0) is 54.9 Å². The molecule has 0 bridgehead atoms. The minimum absolute atomic E-state index is 0.00107. The Kier molecular flexibility index (Phi) is 4.98. The third kappa shape index (κ3) is 3.27. The number of alkyl halides is 3. The Labute approximate surface area is 162 Å². The molecule has 1 heterocycles. The maximum Gasteiger partial charge on any atom is 0.439 e. The molecule has 1 aliphatic carbocycles. The number of nitrogens with zero attached hydrogens (tertiary/aromatic N) is 2. The first-order valence-corrected chi connectivity index (χ1v) is 9.24. The predicted molar refractivity (Wildman–Crippen MR) is 97.9 cm³/mol. The number of hydrogen-bond donors (Lipinski definition) is 1. The van der Waals surface area contributed by atoms with Gasteiger partial charge in [0.15, 0.2) is 0 Å². The summed E-state index contributed by atoms with van der Waals surface area (Å²) in [6, 6.07) is 5.67. The lowest BCUT2D eigenvalue weighted by atomic mass is 9.66. The Morgan fingerprint density at radius 3 is 2.36 bits per heavy atom. The third-order valence-electron chi connectivity index (χ3n) is 5.88. The maximum atomic E-state index is 14.0. The van der Waals surface area contributed by atoms with Crippen molar-refractivity contribution in [3.63, 3.8) is 0 Å². The van der Waals surface area contributed by atoms with E-state index < -0.39 is 23.7 Å². The fraction of sp³-hybridized carbons (Fsp3) is 0.600. The largest absolute Gasteiger partial charge is 0.497 e. The van der Waals surface area contributed by atoms with Crippen molar-refractivity contribution in [3.05, 3.63) is 29.8 Å². The van der Waals surface area contributed by atoms with Crippen LogP contribution >= 0.6 is 0 Å². The summed E-state index contributed by atoms with van der Waals surface area (Å²) in [4.78, 5) is 12.8. The molecule has 2 aliphatic rings. The number of hydrogen-bond acceptors (Lipinski definition) is 4. The van der Waals surface area contributed by atoms with Crippen molar-refractivity contribution in [1.82, 2.24) is 5.01 Å². The standard InChI is InChI=1S/C20H25F3N2O3/c1-18(2,3)13-7-10-16-15(11-13)19(27,20(21,22)23)25(24-16)17(26)12-5-8-14(28-4)9-6-12/h5-6,8-9,13,15,27H,7,10-11H2,1-4H3/t13-,15+,19-/m0/s1. The van der Waals surface area contributed by atoms with Gasteiger partial charge in [-0.1, -0.05) is 20.8 Å². The molecule has 28 heavy (non-hydrogen) atoms. The van der Waals surface area contributed by atoms with Gasteiger partial charge in [-0.2, -0.15) is 23.3 Å². The van der Waals surface area contributed by atoms with Crippen molar-refractivity contribution in [1.29, 1.82) is 0 Å². The summed E-state index contributed by atoms with van der Waals surface area (Å²) in [5.74, 6) is -1.79. The Morgan fingerprint density at radius 1 is 1.25 bits per heavy atom. The number of methoxy groups -OCH3 is 1. The summed E-state index contributed by atoms with van der Waals surface area (Å²) in [5.41, 5.74) is -3.31. The van der Waals surface area contributed by atoms with Gasteiger partial charge in [-0.25, -0.2) is 0 Å². The number of benzene rings is 1. The smallest absolute Gasteiger partial charge is 0.439 e. The molecular weight excluding hydrogens is 373 g/mol. The van der Waals surface area contributed by atoms with Crippen LogP contribution in [0.5, 0.6) is 5.75 Å². The van der Waals surface area contributed by atoms with Crippen LogP contribution in [0.4, 0.5) is 13.2 Å². The number of carbonyl (C=O) groups excluding carboxylic acids is 1. The van der Waals surface area contributed by atoms with Crippen LogP contribution in [-0.2, 0) is 0 Å². The van der Waals surface area contributed by atoms with Crippen LogP contribution in [0, 0.1) is 17.3 Å². The molecule has 5 nitrogen and oxygen atoms in total. The molecule has 1 N–H and O–H groups in total. The van der Waals surface area contributed by atoms with E-state index in [1.54, 1.807) is 0 Å². The predicted octanol–water partition coefficient (Wildman–Crippen LogP) is 4.22. The summed E-state index contributed by atoms with van der Waals surface area (Å²) in [6.07, 6.45) is -3.90. The third-order valence-corrected chi connectivity index (χ3v) is 5.88. The molecule has 154 valence electrons. The first kappa shape index (κ1) is 20.6. The SMILES string of the molecule is COc1ccc(C(=O)N2N=C3CC[C@H](C(C)(C)C)C[C@H]3[C@]2(O)C(F)(F)F)cc1. The van der Waals surface area contributed by atoms with Gasteiger partial charge in [-0.3, -0.25) is 4.79 Å². The summed E-state index contributed by atoms with van der Waals surface area (Å²) in [5, 5.41) is 15.0. The van der Waals surface area contributed by atoms with Crippen molar-refractivity contribution in [3.8, 4) is 5.75 Å². The van der Waals surface area contributed by atoms with E-state index in [-0.39, 0.29) is 34.0 Å². The summed E-state index contributed by atoms with van der Waals surface area (Å²) in [6.45, 7) is 5.92. The van der Waals surface area contributed by atoms with Crippen molar-refractivity contribution in [2.24, 2.45) is 22.4 Å². The topological polar surface area (TPSA) is 62.1 Å². The Morgan fingerprint density at radius 2 is 1.86 bits per heavy atom. The highest BCUT2D eigenvalue weighted by atomic mass is 19.4. The molecule has 3 rings (SSSR count). The molecule has 3 atom stereocenters. The van der Waals surface area contributed by atoms with Crippen LogP contribution in [-0.4, -0.2) is 40.7 Å². The van der Waals surface area contributed by atoms with E-state index in [1.807, 2.05) is 20.8 Å². The molecule has 1 aliphatic heterocycles. The highest BCUT2D eigenvalue weighted by Crippen LogP contribution is 2.52. The van der Waals surface area contributed by atoms with Gasteiger partial charge in [0, 0.05) is 11.3 Å². The van der Waals surface area contributed by atoms with Gasteiger partial charge < -0.3 is 9.84 Å². The Hall–Kier alpha value is -2.09. The maximum absolute atomic E-state index is 14.0. The van der Waals surface area contributed by atoms with Crippen LogP contribution in [0.15, 0.2) is 29.4 Å².